The van der Waals surface area contributed by atoms with Crippen molar-refractivity contribution in [2.45, 2.75) is 0 Å². The van der Waals surface area contributed by atoms with E-state index in [1.807, 2.05) is 54.6 Å². The molecular weight excluding hydrogens is 246 g/mol. The van der Waals surface area contributed by atoms with Crippen molar-refractivity contribution in [3.63, 3.8) is 0 Å². The minimum Gasteiger partial charge on any atom is -1.00 e. The van der Waals surface area contributed by atoms with Crippen LogP contribution in [0.25, 0.3) is 10.9 Å². The number of benzene rings is 2. The summed E-state index contributed by atoms with van der Waals surface area (Å²) in [5.74, 6) is 0.835. The molecule has 0 spiro atoms. The monoisotopic (exact) mass is 256 g/mol. The van der Waals surface area contributed by atoms with E-state index < -0.39 is 0 Å². The third kappa shape index (κ3) is 2.41. The lowest BCUT2D eigenvalue weighted by Gasteiger charge is -2.07. The van der Waals surface area contributed by atoms with Gasteiger partial charge in [-0.25, -0.2) is 9.97 Å². The molecule has 4 heteroatoms. The van der Waals surface area contributed by atoms with E-state index in [2.05, 4.69) is 15.3 Å². The summed E-state index contributed by atoms with van der Waals surface area (Å²) < 4.78 is 0. The number of nitrogens with zero attached hydrogens (tertiary/aromatic N) is 2. The first-order valence-corrected chi connectivity index (χ1v) is 5.45. The average molecular weight is 257 g/mol. The summed E-state index contributed by atoms with van der Waals surface area (Å²) in [6, 6.07) is 18.0. The van der Waals surface area contributed by atoms with E-state index in [0.29, 0.717) is 0 Å². The number of anilines is 2. The first kappa shape index (κ1) is 12.3. The molecule has 0 aliphatic carbocycles. The molecule has 0 radical (unpaired) electrons. The van der Waals surface area contributed by atoms with Crippen LogP contribution in [0.5, 0.6) is 0 Å². The lowest BCUT2D eigenvalue weighted by Crippen LogP contribution is -3.00. The fourth-order valence-electron chi connectivity index (χ4n) is 1.76. The van der Waals surface area contributed by atoms with Crippen molar-refractivity contribution in [3.05, 3.63) is 60.9 Å². The van der Waals surface area contributed by atoms with Crippen LogP contribution >= 0.6 is 0 Å². The Bertz CT molecular complexity index is 635. The fourth-order valence-corrected chi connectivity index (χ4v) is 1.76. The summed E-state index contributed by atoms with van der Waals surface area (Å²) in [6.07, 6.45) is 1.58. The Balaban J connectivity index is 0.00000120. The maximum Gasteiger partial charge on any atom is 0.141 e. The Kier molecular flexibility index (Phi) is 3.75. The molecule has 3 rings (SSSR count). The fraction of sp³-hybridized carbons (Fsp3) is 0. The van der Waals surface area contributed by atoms with E-state index in [-0.39, 0.29) is 12.4 Å². The van der Waals surface area contributed by atoms with Gasteiger partial charge in [0.05, 0.1) is 5.52 Å². The smallest absolute Gasteiger partial charge is 0.141 e. The number of hydrogen-bond donors (Lipinski definition) is 1. The van der Waals surface area contributed by atoms with Crippen molar-refractivity contribution in [2.24, 2.45) is 0 Å². The molecule has 0 unspecified atom stereocenters. The summed E-state index contributed by atoms with van der Waals surface area (Å²) >= 11 is 0. The maximum atomic E-state index is 4.28. The molecule has 3 aromatic rings. The van der Waals surface area contributed by atoms with Crippen LogP contribution in [0.2, 0.25) is 0 Å². The second kappa shape index (κ2) is 5.47. The minimum absolute atomic E-state index is 0. The van der Waals surface area contributed by atoms with Gasteiger partial charge in [0, 0.05) is 11.1 Å². The van der Waals surface area contributed by atoms with Gasteiger partial charge in [0.1, 0.15) is 12.1 Å². The van der Waals surface area contributed by atoms with E-state index in [1.54, 1.807) is 6.33 Å². The van der Waals surface area contributed by atoms with Crippen molar-refractivity contribution < 1.29 is 12.4 Å². The van der Waals surface area contributed by atoms with Crippen LogP contribution < -0.4 is 17.7 Å². The van der Waals surface area contributed by atoms with Gasteiger partial charge < -0.3 is 17.7 Å². The van der Waals surface area contributed by atoms with E-state index in [0.717, 1.165) is 22.4 Å². The van der Waals surface area contributed by atoms with Crippen molar-refractivity contribution >= 4 is 22.4 Å². The van der Waals surface area contributed by atoms with E-state index in [4.69, 9.17) is 0 Å². The highest BCUT2D eigenvalue weighted by atomic mass is 35.5. The molecule has 1 N–H and O–H groups in total. The molecule has 2 aromatic carbocycles. The Hall–Kier alpha value is -2.13. The molecule has 1 heterocycles. The Morgan fingerprint density at radius 3 is 2.33 bits per heavy atom. The van der Waals surface area contributed by atoms with Gasteiger partial charge in [-0.2, -0.15) is 0 Å². The Morgan fingerprint density at radius 1 is 0.778 bits per heavy atom. The van der Waals surface area contributed by atoms with Gasteiger partial charge in [0.25, 0.3) is 0 Å². The summed E-state index contributed by atoms with van der Waals surface area (Å²) in [4.78, 5) is 8.51. The molecule has 3 nitrogen and oxygen atoms in total. The van der Waals surface area contributed by atoms with Crippen LogP contribution in [0.3, 0.4) is 0 Å². The van der Waals surface area contributed by atoms with E-state index in [9.17, 15) is 0 Å². The summed E-state index contributed by atoms with van der Waals surface area (Å²) in [5, 5.41) is 4.32. The largest absolute Gasteiger partial charge is 1.00 e. The molecular formula is C14H11ClN3-. The second-order valence-electron chi connectivity index (χ2n) is 3.73. The first-order chi connectivity index (χ1) is 8.43. The summed E-state index contributed by atoms with van der Waals surface area (Å²) in [6.45, 7) is 0. The highest BCUT2D eigenvalue weighted by Crippen LogP contribution is 2.21. The maximum absolute atomic E-state index is 4.28. The molecule has 0 fully saturated rings. The lowest BCUT2D eigenvalue weighted by atomic mass is 10.2. The third-order valence-electron chi connectivity index (χ3n) is 2.58. The molecule has 0 atom stereocenters. The number of fused-ring (bicyclic) bond motifs is 1. The highest BCUT2D eigenvalue weighted by Gasteiger charge is 2.02. The first-order valence-electron chi connectivity index (χ1n) is 5.45. The molecule has 0 aliphatic heterocycles. The van der Waals surface area contributed by atoms with Gasteiger partial charge in [-0.3, -0.25) is 0 Å². The third-order valence-corrected chi connectivity index (χ3v) is 2.58. The SMILES string of the molecule is [Cl-].c1ccc(Nc2ncnc3ccccc23)cc1. The van der Waals surface area contributed by atoms with Gasteiger partial charge in [-0.15, -0.1) is 0 Å². The molecule has 18 heavy (non-hydrogen) atoms. The molecule has 0 saturated carbocycles. The van der Waals surface area contributed by atoms with Crippen LogP contribution in [0.4, 0.5) is 11.5 Å². The molecule has 0 amide bonds. The normalized spacial score (nSPS) is 9.78. The summed E-state index contributed by atoms with van der Waals surface area (Å²) in [7, 11) is 0. The average Bonchev–Trinajstić information content (AvgIpc) is 2.40. The predicted molar refractivity (Wildman–Crippen MR) is 69.3 cm³/mol. The van der Waals surface area contributed by atoms with Crippen molar-refractivity contribution in [2.75, 3.05) is 5.32 Å². The topological polar surface area (TPSA) is 37.8 Å². The van der Waals surface area contributed by atoms with Gasteiger partial charge in [-0.05, 0) is 24.3 Å². The molecule has 90 valence electrons. The number of para-hydroxylation sites is 2. The summed E-state index contributed by atoms with van der Waals surface area (Å²) in [5.41, 5.74) is 1.97. The van der Waals surface area contributed by atoms with Crippen LogP contribution in [0.1, 0.15) is 0 Å². The van der Waals surface area contributed by atoms with Crippen LogP contribution in [0, 0.1) is 0 Å². The minimum atomic E-state index is 0. The number of halogens is 1. The van der Waals surface area contributed by atoms with Gasteiger partial charge in [0.2, 0.25) is 0 Å². The second-order valence-corrected chi connectivity index (χ2v) is 3.73. The molecule has 0 bridgehead atoms. The Labute approximate surface area is 111 Å². The standard InChI is InChI=1S/C14H11N3.ClH/c1-2-6-11(7-3-1)17-14-12-8-4-5-9-13(12)15-10-16-14;/h1-10H,(H,15,16,17);1H/p-1. The molecule has 0 saturated heterocycles. The predicted octanol–water partition coefficient (Wildman–Crippen LogP) is 0.377. The van der Waals surface area contributed by atoms with Crippen LogP contribution in [0.15, 0.2) is 60.9 Å². The van der Waals surface area contributed by atoms with Gasteiger partial charge in [-0.1, -0.05) is 30.3 Å². The van der Waals surface area contributed by atoms with Crippen LogP contribution in [-0.2, 0) is 0 Å². The van der Waals surface area contributed by atoms with E-state index in [1.165, 1.54) is 0 Å². The number of hydrogen-bond acceptors (Lipinski definition) is 3. The lowest BCUT2D eigenvalue weighted by molar-refractivity contribution is -0.00000344. The number of aromatic nitrogens is 2. The number of nitrogens with one attached hydrogen (secondary N) is 1. The van der Waals surface area contributed by atoms with E-state index >= 15 is 0 Å². The van der Waals surface area contributed by atoms with Crippen LogP contribution in [-0.4, -0.2) is 9.97 Å². The van der Waals surface area contributed by atoms with Crippen molar-refractivity contribution in [1.82, 2.24) is 9.97 Å². The van der Waals surface area contributed by atoms with Crippen molar-refractivity contribution in [1.29, 1.82) is 0 Å². The van der Waals surface area contributed by atoms with Crippen molar-refractivity contribution in [3.8, 4) is 0 Å². The zero-order chi connectivity index (χ0) is 11.5. The van der Waals surface area contributed by atoms with Gasteiger partial charge >= 0.3 is 0 Å². The molecule has 1 aromatic heterocycles. The quantitative estimate of drug-likeness (QED) is 0.720. The van der Waals surface area contributed by atoms with Gasteiger partial charge in [0.15, 0.2) is 0 Å². The zero-order valence-electron chi connectivity index (χ0n) is 9.55. The highest BCUT2D eigenvalue weighted by molar-refractivity contribution is 5.90. The Morgan fingerprint density at radius 2 is 1.50 bits per heavy atom. The molecule has 0 aliphatic rings. The number of rotatable bonds is 2. The zero-order valence-corrected chi connectivity index (χ0v) is 10.3.